The Hall–Kier alpha value is -2.93. The van der Waals surface area contributed by atoms with Crippen molar-refractivity contribution in [1.82, 2.24) is 19.8 Å². The number of anilines is 2. The normalized spacial score (nSPS) is 19.5. The van der Waals surface area contributed by atoms with Crippen LogP contribution in [0.5, 0.6) is 5.75 Å². The van der Waals surface area contributed by atoms with E-state index in [1.165, 1.54) is 12.1 Å². The SMILES string of the molecule is Nc1ccc(N2CCN(CCN3CCC(COc4cc(F)c5c(=O)[nH]c(CSC6CCOCC6)nc5c4)CC3)CC2)c(F)c1. The lowest BCUT2D eigenvalue weighted by Gasteiger charge is -2.38. The fourth-order valence-electron chi connectivity index (χ4n) is 6.30. The Morgan fingerprint density at radius 1 is 0.955 bits per heavy atom. The van der Waals surface area contributed by atoms with Crippen molar-refractivity contribution in [2.45, 2.75) is 36.7 Å². The molecule has 3 aliphatic rings. The first-order valence-corrected chi connectivity index (χ1v) is 16.8. The number of nitrogen functional groups attached to an aromatic ring is 1. The first-order chi connectivity index (χ1) is 21.4. The molecule has 6 rings (SSSR count). The van der Waals surface area contributed by atoms with Gasteiger partial charge in [0.2, 0.25) is 0 Å². The van der Waals surface area contributed by atoms with Gasteiger partial charge in [0.05, 0.1) is 23.6 Å². The number of aromatic nitrogens is 2. The second-order valence-corrected chi connectivity index (χ2v) is 13.4. The molecule has 0 bridgehead atoms. The van der Waals surface area contributed by atoms with Crippen molar-refractivity contribution in [2.24, 2.45) is 5.92 Å². The number of piperidine rings is 1. The molecule has 1 aromatic heterocycles. The zero-order valence-electron chi connectivity index (χ0n) is 25.1. The molecule has 0 radical (unpaired) electrons. The molecule has 0 aliphatic carbocycles. The maximum atomic E-state index is 14.9. The minimum atomic E-state index is -0.607. The number of thioether (sulfide) groups is 1. The van der Waals surface area contributed by atoms with Crippen molar-refractivity contribution in [3.63, 3.8) is 0 Å². The number of benzene rings is 2. The molecule has 3 N–H and O–H groups in total. The molecular weight excluding hydrogens is 586 g/mol. The number of aromatic amines is 1. The van der Waals surface area contributed by atoms with Gasteiger partial charge >= 0.3 is 0 Å². The largest absolute Gasteiger partial charge is 0.493 e. The summed E-state index contributed by atoms with van der Waals surface area (Å²) in [5.41, 5.74) is 6.65. The van der Waals surface area contributed by atoms with Crippen LogP contribution in [-0.4, -0.2) is 97.2 Å². The zero-order chi connectivity index (χ0) is 30.5. The predicted molar refractivity (Wildman–Crippen MR) is 172 cm³/mol. The fourth-order valence-corrected chi connectivity index (χ4v) is 7.36. The maximum Gasteiger partial charge on any atom is 0.261 e. The van der Waals surface area contributed by atoms with Gasteiger partial charge in [0.25, 0.3) is 5.56 Å². The zero-order valence-corrected chi connectivity index (χ0v) is 25.9. The van der Waals surface area contributed by atoms with E-state index in [2.05, 4.69) is 24.7 Å². The molecule has 238 valence electrons. The van der Waals surface area contributed by atoms with E-state index in [-0.39, 0.29) is 11.2 Å². The van der Waals surface area contributed by atoms with E-state index in [4.69, 9.17) is 15.2 Å². The van der Waals surface area contributed by atoms with Gasteiger partial charge in [-0.2, -0.15) is 11.8 Å². The van der Waals surface area contributed by atoms with Crippen LogP contribution in [0.3, 0.4) is 0 Å². The summed E-state index contributed by atoms with van der Waals surface area (Å²) < 4.78 is 40.7. The Morgan fingerprint density at radius 2 is 1.68 bits per heavy atom. The molecule has 0 amide bonds. The molecule has 3 aromatic rings. The monoisotopic (exact) mass is 628 g/mol. The molecule has 9 nitrogen and oxygen atoms in total. The van der Waals surface area contributed by atoms with Gasteiger partial charge in [0, 0.05) is 75.6 Å². The summed E-state index contributed by atoms with van der Waals surface area (Å²) in [6.07, 6.45) is 4.01. The van der Waals surface area contributed by atoms with Gasteiger partial charge in [-0.25, -0.2) is 13.8 Å². The molecule has 0 saturated carbocycles. The molecule has 3 fully saturated rings. The highest BCUT2D eigenvalue weighted by molar-refractivity contribution is 7.99. The van der Waals surface area contributed by atoms with E-state index in [0.717, 1.165) is 91.3 Å². The number of likely N-dealkylation sites (tertiary alicyclic amines) is 1. The Balaban J connectivity index is 0.938. The van der Waals surface area contributed by atoms with E-state index in [1.807, 2.05) is 0 Å². The first-order valence-electron chi connectivity index (χ1n) is 15.7. The number of ether oxygens (including phenoxy) is 2. The van der Waals surface area contributed by atoms with Crippen LogP contribution < -0.4 is 20.9 Å². The van der Waals surface area contributed by atoms with Crippen molar-refractivity contribution in [3.05, 3.63) is 58.1 Å². The summed E-state index contributed by atoms with van der Waals surface area (Å²) in [7, 11) is 0. The smallest absolute Gasteiger partial charge is 0.261 e. The molecule has 4 heterocycles. The van der Waals surface area contributed by atoms with Crippen LogP contribution in [0, 0.1) is 17.6 Å². The van der Waals surface area contributed by atoms with Crippen LogP contribution >= 0.6 is 11.8 Å². The van der Waals surface area contributed by atoms with Gasteiger partial charge in [0.1, 0.15) is 28.6 Å². The summed E-state index contributed by atoms with van der Waals surface area (Å²) in [5, 5.41) is 0.454. The molecule has 12 heteroatoms. The minimum Gasteiger partial charge on any atom is -0.493 e. The lowest BCUT2D eigenvalue weighted by molar-refractivity contribution is 0.1000. The number of nitrogens with zero attached hydrogens (tertiary/aromatic N) is 4. The Kier molecular flexibility index (Phi) is 10.2. The highest BCUT2D eigenvalue weighted by Crippen LogP contribution is 2.27. The van der Waals surface area contributed by atoms with Crippen LogP contribution in [0.2, 0.25) is 0 Å². The predicted octanol–water partition coefficient (Wildman–Crippen LogP) is 4.11. The highest BCUT2D eigenvalue weighted by Gasteiger charge is 2.23. The number of H-pyrrole nitrogens is 1. The molecule has 0 unspecified atom stereocenters. The van der Waals surface area contributed by atoms with Crippen molar-refractivity contribution in [1.29, 1.82) is 0 Å². The molecule has 3 aliphatic heterocycles. The van der Waals surface area contributed by atoms with Gasteiger partial charge in [0.15, 0.2) is 0 Å². The number of fused-ring (bicyclic) bond motifs is 1. The second-order valence-electron chi connectivity index (χ2n) is 12.1. The fraction of sp³-hybridized carbons (Fsp3) is 0.562. The first kappa shape index (κ1) is 31.1. The minimum absolute atomic E-state index is 0.0238. The topological polar surface area (TPSA) is 100.0 Å². The summed E-state index contributed by atoms with van der Waals surface area (Å²) in [4.78, 5) is 27.0. The van der Waals surface area contributed by atoms with Crippen LogP contribution in [-0.2, 0) is 10.5 Å². The average molecular weight is 629 g/mol. The number of halogens is 2. The lowest BCUT2D eigenvalue weighted by atomic mass is 9.98. The molecule has 0 atom stereocenters. The van der Waals surface area contributed by atoms with Gasteiger partial charge in [-0.3, -0.25) is 9.69 Å². The number of rotatable bonds is 10. The van der Waals surface area contributed by atoms with E-state index in [9.17, 15) is 13.6 Å². The van der Waals surface area contributed by atoms with Crippen molar-refractivity contribution < 1.29 is 18.3 Å². The van der Waals surface area contributed by atoms with Crippen molar-refractivity contribution in [2.75, 3.05) is 82.8 Å². The van der Waals surface area contributed by atoms with Crippen LogP contribution in [0.25, 0.3) is 10.9 Å². The summed E-state index contributed by atoms with van der Waals surface area (Å²) in [5.74, 6) is 1.07. The summed E-state index contributed by atoms with van der Waals surface area (Å²) in [6, 6.07) is 7.90. The van der Waals surface area contributed by atoms with Crippen LogP contribution in [0.15, 0.2) is 35.1 Å². The third-order valence-electron chi connectivity index (χ3n) is 9.02. The van der Waals surface area contributed by atoms with E-state index >= 15 is 0 Å². The third kappa shape index (κ3) is 7.82. The lowest BCUT2D eigenvalue weighted by Crippen LogP contribution is -2.49. The number of nitrogens with one attached hydrogen (secondary N) is 1. The van der Waals surface area contributed by atoms with Crippen LogP contribution in [0.1, 0.15) is 31.5 Å². The molecule has 44 heavy (non-hydrogen) atoms. The Bertz CT molecular complexity index is 1470. The van der Waals surface area contributed by atoms with E-state index < -0.39 is 11.4 Å². The standard InChI is InChI=1S/C32H42F2N6O3S/c33-26-17-23(35)1-2-29(26)40-13-11-39(12-14-40)10-9-38-7-3-22(4-8-38)20-43-24-18-27(34)31-28(19-24)36-30(37-32(31)41)21-44-25-5-15-42-16-6-25/h1-2,17-19,22,25H,3-16,20-21,35H2,(H,36,37,41). The van der Waals surface area contributed by atoms with Crippen molar-refractivity contribution >= 4 is 34.0 Å². The van der Waals surface area contributed by atoms with Gasteiger partial charge < -0.3 is 30.0 Å². The van der Waals surface area contributed by atoms with Crippen molar-refractivity contribution in [3.8, 4) is 5.75 Å². The maximum absolute atomic E-state index is 14.9. The summed E-state index contributed by atoms with van der Waals surface area (Å²) >= 11 is 1.75. The second kappa shape index (κ2) is 14.4. The molecule has 2 aromatic carbocycles. The van der Waals surface area contributed by atoms with Gasteiger partial charge in [-0.15, -0.1) is 0 Å². The molecule has 3 saturated heterocycles. The summed E-state index contributed by atoms with van der Waals surface area (Å²) in [6.45, 7) is 9.47. The van der Waals surface area contributed by atoms with Crippen LogP contribution in [0.4, 0.5) is 20.2 Å². The third-order valence-corrected chi connectivity index (χ3v) is 10.4. The van der Waals surface area contributed by atoms with E-state index in [0.29, 0.717) is 52.0 Å². The average Bonchev–Trinajstić information content (AvgIpc) is 3.03. The number of hydrogen-bond donors (Lipinski definition) is 2. The quantitative estimate of drug-likeness (QED) is 0.322. The Labute approximate surface area is 261 Å². The van der Waals surface area contributed by atoms with Gasteiger partial charge in [-0.1, -0.05) is 0 Å². The molecular formula is C32H42F2N6O3S. The number of hydrogen-bond acceptors (Lipinski definition) is 9. The van der Waals surface area contributed by atoms with Gasteiger partial charge in [-0.05, 0) is 62.9 Å². The molecule has 0 spiro atoms. The number of piperazine rings is 1. The number of nitrogens with two attached hydrogens (primary N) is 1. The highest BCUT2D eigenvalue weighted by atomic mass is 32.2. The van der Waals surface area contributed by atoms with E-state index in [1.54, 1.807) is 30.0 Å². The Morgan fingerprint density at radius 3 is 2.41 bits per heavy atom.